The first-order valence-corrected chi connectivity index (χ1v) is 5.09. The van der Waals surface area contributed by atoms with E-state index in [-0.39, 0.29) is 17.4 Å². The zero-order valence-corrected chi connectivity index (χ0v) is 9.22. The van der Waals surface area contributed by atoms with Crippen molar-refractivity contribution in [3.05, 3.63) is 0 Å². The predicted octanol–water partition coefficient (Wildman–Crippen LogP) is 0.137. The van der Waals surface area contributed by atoms with Crippen molar-refractivity contribution in [1.29, 1.82) is 0 Å². The van der Waals surface area contributed by atoms with E-state index >= 15 is 0 Å². The third-order valence-corrected chi connectivity index (χ3v) is 2.67. The fraction of sp³-hybridized carbons (Fsp3) is 0.900. The second-order valence-electron chi connectivity index (χ2n) is 4.37. The number of rotatable bonds is 4. The fourth-order valence-corrected chi connectivity index (χ4v) is 1.39. The largest absolute Gasteiger partial charge is 0.377 e. The van der Waals surface area contributed by atoms with Gasteiger partial charge in [0.1, 0.15) is 0 Å². The van der Waals surface area contributed by atoms with Crippen molar-refractivity contribution >= 4 is 5.91 Å². The second-order valence-corrected chi connectivity index (χ2v) is 4.37. The van der Waals surface area contributed by atoms with Crippen LogP contribution in [0.4, 0.5) is 0 Å². The van der Waals surface area contributed by atoms with E-state index in [4.69, 9.17) is 4.74 Å². The lowest BCUT2D eigenvalue weighted by Gasteiger charge is -2.23. The molecular formula is C10H20N2O2. The summed E-state index contributed by atoms with van der Waals surface area (Å²) in [6.45, 7) is 6.24. The van der Waals surface area contributed by atoms with E-state index in [1.165, 1.54) is 0 Å². The highest BCUT2D eigenvalue weighted by Gasteiger charge is 2.24. The molecule has 0 aromatic heterocycles. The van der Waals surface area contributed by atoms with Crippen molar-refractivity contribution in [3.8, 4) is 0 Å². The fourth-order valence-electron chi connectivity index (χ4n) is 1.39. The van der Waals surface area contributed by atoms with Gasteiger partial charge in [-0.05, 0) is 26.8 Å². The van der Waals surface area contributed by atoms with Crippen molar-refractivity contribution in [2.24, 2.45) is 5.92 Å². The summed E-state index contributed by atoms with van der Waals surface area (Å²) in [6.07, 6.45) is 0.944. The molecular weight excluding hydrogens is 180 g/mol. The molecule has 0 unspecified atom stereocenters. The van der Waals surface area contributed by atoms with E-state index in [1.54, 1.807) is 7.11 Å². The molecule has 1 saturated heterocycles. The molecule has 1 fully saturated rings. The Hall–Kier alpha value is -0.610. The summed E-state index contributed by atoms with van der Waals surface area (Å²) in [5.41, 5.74) is -0.276. The maximum absolute atomic E-state index is 11.6. The zero-order valence-electron chi connectivity index (χ0n) is 9.22. The average molecular weight is 200 g/mol. The summed E-state index contributed by atoms with van der Waals surface area (Å²) in [7, 11) is 1.66. The van der Waals surface area contributed by atoms with Crippen LogP contribution in [0.2, 0.25) is 0 Å². The summed E-state index contributed by atoms with van der Waals surface area (Å²) < 4.78 is 5.22. The summed E-state index contributed by atoms with van der Waals surface area (Å²) in [5, 5.41) is 6.08. The average Bonchev–Trinajstić information content (AvgIpc) is 2.67. The molecule has 1 rings (SSSR count). The Morgan fingerprint density at radius 3 is 2.86 bits per heavy atom. The molecule has 1 aliphatic heterocycles. The SMILES string of the molecule is COC(C)(C)CNC(=O)[C@H]1CCNC1. The van der Waals surface area contributed by atoms with Crippen LogP contribution in [0, 0.1) is 5.92 Å². The quantitative estimate of drug-likeness (QED) is 0.678. The van der Waals surface area contributed by atoms with Gasteiger partial charge in [0.25, 0.3) is 0 Å². The molecule has 82 valence electrons. The van der Waals surface area contributed by atoms with Gasteiger partial charge >= 0.3 is 0 Å². The smallest absolute Gasteiger partial charge is 0.224 e. The van der Waals surface area contributed by atoms with E-state index in [9.17, 15) is 4.79 Å². The summed E-state index contributed by atoms with van der Waals surface area (Å²) in [5.74, 6) is 0.280. The van der Waals surface area contributed by atoms with Crippen molar-refractivity contribution in [2.75, 3.05) is 26.7 Å². The van der Waals surface area contributed by atoms with Crippen LogP contribution in [-0.4, -0.2) is 38.3 Å². The van der Waals surface area contributed by atoms with E-state index in [0.29, 0.717) is 6.54 Å². The van der Waals surface area contributed by atoms with Gasteiger partial charge in [-0.15, -0.1) is 0 Å². The van der Waals surface area contributed by atoms with Gasteiger partial charge in [-0.25, -0.2) is 0 Å². The molecule has 0 aromatic carbocycles. The van der Waals surface area contributed by atoms with Gasteiger partial charge in [-0.3, -0.25) is 4.79 Å². The standard InChI is InChI=1S/C10H20N2O2/c1-10(2,14-3)7-12-9(13)8-4-5-11-6-8/h8,11H,4-7H2,1-3H3,(H,12,13)/t8-/m0/s1. The number of ether oxygens (including phenoxy) is 1. The van der Waals surface area contributed by atoms with Crippen LogP contribution in [0.25, 0.3) is 0 Å². The van der Waals surface area contributed by atoms with Gasteiger partial charge in [-0.2, -0.15) is 0 Å². The van der Waals surface area contributed by atoms with E-state index in [2.05, 4.69) is 10.6 Å². The van der Waals surface area contributed by atoms with Gasteiger partial charge in [0.15, 0.2) is 0 Å². The lowest BCUT2D eigenvalue weighted by molar-refractivity contribution is -0.125. The molecule has 14 heavy (non-hydrogen) atoms. The molecule has 1 amide bonds. The molecule has 1 aliphatic rings. The first kappa shape index (κ1) is 11.5. The number of hydrogen-bond donors (Lipinski definition) is 2. The molecule has 1 heterocycles. The molecule has 0 bridgehead atoms. The van der Waals surface area contributed by atoms with E-state index in [0.717, 1.165) is 19.5 Å². The summed E-state index contributed by atoms with van der Waals surface area (Å²) >= 11 is 0. The maximum atomic E-state index is 11.6. The Labute approximate surface area is 85.4 Å². The minimum absolute atomic E-state index is 0.139. The topological polar surface area (TPSA) is 50.4 Å². The lowest BCUT2D eigenvalue weighted by Crippen LogP contribution is -2.42. The van der Waals surface area contributed by atoms with Crippen LogP contribution in [0.3, 0.4) is 0 Å². The molecule has 0 radical (unpaired) electrons. The summed E-state index contributed by atoms with van der Waals surface area (Å²) in [6, 6.07) is 0. The Morgan fingerprint density at radius 1 is 1.64 bits per heavy atom. The van der Waals surface area contributed by atoms with Crippen LogP contribution >= 0.6 is 0 Å². The number of carbonyl (C=O) groups is 1. The first-order chi connectivity index (χ1) is 6.55. The lowest BCUT2D eigenvalue weighted by atomic mass is 10.1. The van der Waals surface area contributed by atoms with Crippen molar-refractivity contribution in [2.45, 2.75) is 25.9 Å². The van der Waals surface area contributed by atoms with Gasteiger partial charge < -0.3 is 15.4 Å². The maximum Gasteiger partial charge on any atom is 0.224 e. The first-order valence-electron chi connectivity index (χ1n) is 5.09. The second kappa shape index (κ2) is 4.75. The molecule has 2 N–H and O–H groups in total. The van der Waals surface area contributed by atoms with E-state index in [1.807, 2.05) is 13.8 Å². The van der Waals surface area contributed by atoms with Gasteiger partial charge in [0.05, 0.1) is 11.5 Å². The number of hydrogen-bond acceptors (Lipinski definition) is 3. The minimum atomic E-state index is -0.276. The van der Waals surface area contributed by atoms with Gasteiger partial charge in [-0.1, -0.05) is 0 Å². The highest BCUT2D eigenvalue weighted by atomic mass is 16.5. The molecule has 0 aromatic rings. The number of methoxy groups -OCH3 is 1. The van der Waals surface area contributed by atoms with Crippen molar-refractivity contribution in [1.82, 2.24) is 10.6 Å². The Morgan fingerprint density at radius 2 is 2.36 bits per heavy atom. The Kier molecular flexibility index (Phi) is 3.89. The van der Waals surface area contributed by atoms with Gasteiger partial charge in [0.2, 0.25) is 5.91 Å². The van der Waals surface area contributed by atoms with Crippen molar-refractivity contribution in [3.63, 3.8) is 0 Å². The van der Waals surface area contributed by atoms with E-state index < -0.39 is 0 Å². The normalized spacial score (nSPS) is 22.4. The monoisotopic (exact) mass is 200 g/mol. The third kappa shape index (κ3) is 3.27. The highest BCUT2D eigenvalue weighted by Crippen LogP contribution is 2.09. The molecule has 0 saturated carbocycles. The third-order valence-electron chi connectivity index (χ3n) is 2.67. The number of carbonyl (C=O) groups excluding carboxylic acids is 1. The van der Waals surface area contributed by atoms with Gasteiger partial charge in [0, 0.05) is 20.2 Å². The van der Waals surface area contributed by atoms with Crippen LogP contribution < -0.4 is 10.6 Å². The van der Waals surface area contributed by atoms with Crippen LogP contribution in [0.5, 0.6) is 0 Å². The van der Waals surface area contributed by atoms with Crippen LogP contribution in [-0.2, 0) is 9.53 Å². The molecule has 0 spiro atoms. The Bertz CT molecular complexity index is 198. The number of nitrogens with one attached hydrogen (secondary N) is 2. The Balaban J connectivity index is 2.27. The molecule has 4 heteroatoms. The minimum Gasteiger partial charge on any atom is -0.377 e. The van der Waals surface area contributed by atoms with Crippen LogP contribution in [0.1, 0.15) is 20.3 Å². The highest BCUT2D eigenvalue weighted by molar-refractivity contribution is 5.79. The molecule has 1 atom stereocenters. The molecule has 0 aliphatic carbocycles. The van der Waals surface area contributed by atoms with Crippen molar-refractivity contribution < 1.29 is 9.53 Å². The molecule has 4 nitrogen and oxygen atoms in total. The summed E-state index contributed by atoms with van der Waals surface area (Å²) in [4.78, 5) is 11.6. The number of amides is 1. The van der Waals surface area contributed by atoms with Crippen LogP contribution in [0.15, 0.2) is 0 Å². The zero-order chi connectivity index (χ0) is 10.6. The predicted molar refractivity (Wildman–Crippen MR) is 55.1 cm³/mol.